The smallest absolute Gasteiger partial charge is 0.239 e. The third kappa shape index (κ3) is 4.21. The highest BCUT2D eigenvalue weighted by Crippen LogP contribution is 2.22. The van der Waals surface area contributed by atoms with Crippen LogP contribution in [0.1, 0.15) is 24.9 Å². The Kier molecular flexibility index (Phi) is 6.31. The van der Waals surface area contributed by atoms with Crippen LogP contribution in [-0.2, 0) is 4.79 Å². The van der Waals surface area contributed by atoms with Crippen LogP contribution in [-0.4, -0.2) is 35.9 Å². The van der Waals surface area contributed by atoms with Crippen LogP contribution in [0.25, 0.3) is 0 Å². The first-order valence-electron chi connectivity index (χ1n) is 6.24. The van der Waals surface area contributed by atoms with E-state index >= 15 is 0 Å². The summed E-state index contributed by atoms with van der Waals surface area (Å²) in [5.74, 6) is 0.395. The minimum absolute atomic E-state index is 0.148. The molecule has 0 aliphatic carbocycles. The number of carbonyl (C=O) groups is 1. The first-order chi connectivity index (χ1) is 8.99. The van der Waals surface area contributed by atoms with E-state index in [0.717, 1.165) is 5.75 Å². The van der Waals surface area contributed by atoms with Crippen molar-refractivity contribution in [2.75, 3.05) is 19.1 Å². The summed E-state index contributed by atoms with van der Waals surface area (Å²) >= 11 is 1.66. The average molecular weight is 284 g/mol. The lowest BCUT2D eigenvalue weighted by molar-refractivity contribution is -0.133. The lowest BCUT2D eigenvalue weighted by atomic mass is 10.1. The van der Waals surface area contributed by atoms with Crippen molar-refractivity contribution in [1.82, 2.24) is 4.90 Å². The summed E-state index contributed by atoms with van der Waals surface area (Å²) in [5, 5.41) is 0. The molecule has 1 unspecified atom stereocenters. The predicted octanol–water partition coefficient (Wildman–Crippen LogP) is 2.43. The van der Waals surface area contributed by atoms with Gasteiger partial charge in [-0.2, -0.15) is 11.8 Å². The van der Waals surface area contributed by atoms with E-state index in [4.69, 9.17) is 5.73 Å². The minimum Gasteiger partial charge on any atom is -0.338 e. The summed E-state index contributed by atoms with van der Waals surface area (Å²) in [6.07, 6.45) is 2.61. The van der Waals surface area contributed by atoms with Crippen LogP contribution in [0.4, 0.5) is 4.39 Å². The van der Waals surface area contributed by atoms with E-state index < -0.39 is 6.04 Å². The maximum Gasteiger partial charge on any atom is 0.239 e. The van der Waals surface area contributed by atoms with Crippen molar-refractivity contribution in [1.29, 1.82) is 0 Å². The van der Waals surface area contributed by atoms with Crippen LogP contribution >= 0.6 is 11.8 Å². The molecule has 0 spiro atoms. The fraction of sp³-hybridized carbons (Fsp3) is 0.500. The summed E-state index contributed by atoms with van der Waals surface area (Å²) in [4.78, 5) is 13.7. The van der Waals surface area contributed by atoms with E-state index in [1.807, 2.05) is 6.26 Å². The van der Waals surface area contributed by atoms with Crippen molar-refractivity contribution in [2.24, 2.45) is 5.73 Å². The number of hydrogen-bond donors (Lipinski definition) is 1. The van der Waals surface area contributed by atoms with Crippen molar-refractivity contribution in [3.8, 4) is 0 Å². The van der Waals surface area contributed by atoms with E-state index in [1.165, 1.54) is 11.0 Å². The van der Waals surface area contributed by atoms with Gasteiger partial charge in [-0.15, -0.1) is 0 Å². The van der Waals surface area contributed by atoms with E-state index in [9.17, 15) is 9.18 Å². The van der Waals surface area contributed by atoms with Crippen molar-refractivity contribution in [3.05, 3.63) is 35.6 Å². The molecule has 5 heteroatoms. The number of nitrogens with zero attached hydrogens (tertiary/aromatic N) is 1. The predicted molar refractivity (Wildman–Crippen MR) is 78.6 cm³/mol. The molecule has 0 bridgehead atoms. The molecule has 19 heavy (non-hydrogen) atoms. The summed E-state index contributed by atoms with van der Waals surface area (Å²) in [6, 6.07) is 5.65. The molecular formula is C14H21FN2OS. The normalized spacial score (nSPS) is 13.9. The van der Waals surface area contributed by atoms with Gasteiger partial charge in [0, 0.05) is 12.6 Å². The van der Waals surface area contributed by atoms with Gasteiger partial charge in [-0.3, -0.25) is 4.79 Å². The maximum atomic E-state index is 13.7. The molecule has 2 N–H and O–H groups in total. The summed E-state index contributed by atoms with van der Waals surface area (Å²) in [7, 11) is 1.67. The third-order valence-corrected chi connectivity index (χ3v) is 3.88. The lowest BCUT2D eigenvalue weighted by Gasteiger charge is -2.28. The highest BCUT2D eigenvalue weighted by atomic mass is 32.2. The molecule has 0 saturated carbocycles. The molecule has 0 aromatic heterocycles. The first-order valence-corrected chi connectivity index (χ1v) is 7.64. The molecular weight excluding hydrogens is 263 g/mol. The van der Waals surface area contributed by atoms with Crippen molar-refractivity contribution >= 4 is 17.7 Å². The lowest BCUT2D eigenvalue weighted by Crippen LogP contribution is -2.43. The van der Waals surface area contributed by atoms with Crippen LogP contribution < -0.4 is 5.73 Å². The van der Waals surface area contributed by atoms with E-state index in [2.05, 4.69) is 0 Å². The maximum absolute atomic E-state index is 13.7. The number of halogens is 1. The number of benzene rings is 1. The van der Waals surface area contributed by atoms with Gasteiger partial charge in [-0.1, -0.05) is 18.2 Å². The Morgan fingerprint density at radius 3 is 2.68 bits per heavy atom. The summed E-state index contributed by atoms with van der Waals surface area (Å²) in [5.41, 5.74) is 6.37. The first kappa shape index (κ1) is 16.0. The standard InChI is InChI=1S/C14H21FN2OS/c1-10(11-6-4-5-7-12(11)15)17(2)14(18)13(16)8-9-19-3/h4-7,10,13H,8-9,16H2,1-3H3/t10?,13-/m0/s1. The molecule has 0 heterocycles. The number of hydrogen-bond acceptors (Lipinski definition) is 3. The van der Waals surface area contributed by atoms with Crippen LogP contribution in [0.5, 0.6) is 0 Å². The van der Waals surface area contributed by atoms with Gasteiger partial charge >= 0.3 is 0 Å². The van der Waals surface area contributed by atoms with Gasteiger partial charge in [0.25, 0.3) is 0 Å². The van der Waals surface area contributed by atoms with Crippen LogP contribution in [0.15, 0.2) is 24.3 Å². The number of rotatable bonds is 6. The Bertz CT molecular complexity index is 428. The van der Waals surface area contributed by atoms with E-state index in [-0.39, 0.29) is 17.8 Å². The molecule has 106 valence electrons. The number of amides is 1. The summed E-state index contributed by atoms with van der Waals surface area (Å²) in [6.45, 7) is 1.80. The van der Waals surface area contributed by atoms with Gasteiger partial charge in [0.1, 0.15) is 5.82 Å². The van der Waals surface area contributed by atoms with Gasteiger partial charge < -0.3 is 10.6 Å². The fourth-order valence-electron chi connectivity index (χ4n) is 1.84. The fourth-order valence-corrected chi connectivity index (χ4v) is 2.33. The summed E-state index contributed by atoms with van der Waals surface area (Å²) < 4.78 is 13.7. The van der Waals surface area contributed by atoms with Gasteiger partial charge in [-0.05, 0) is 31.4 Å². The highest BCUT2D eigenvalue weighted by molar-refractivity contribution is 7.98. The number of carbonyl (C=O) groups excluding carboxylic acids is 1. The molecule has 1 aromatic carbocycles. The quantitative estimate of drug-likeness (QED) is 0.872. The molecule has 1 amide bonds. The van der Waals surface area contributed by atoms with E-state index in [0.29, 0.717) is 12.0 Å². The second-order valence-corrected chi connectivity index (χ2v) is 5.52. The SMILES string of the molecule is CSCC[C@H](N)C(=O)N(C)C(C)c1ccccc1F. The minimum atomic E-state index is -0.522. The van der Waals surface area contributed by atoms with Gasteiger partial charge in [-0.25, -0.2) is 4.39 Å². The molecule has 2 atom stereocenters. The zero-order valence-electron chi connectivity index (χ0n) is 11.6. The second kappa shape index (κ2) is 7.50. The third-order valence-electron chi connectivity index (χ3n) is 3.23. The number of likely N-dealkylation sites (N-methyl/N-ethyl adjacent to an activating group) is 1. The molecule has 3 nitrogen and oxygen atoms in total. The molecule has 0 radical (unpaired) electrons. The van der Waals surface area contributed by atoms with Crippen molar-refractivity contribution in [3.63, 3.8) is 0 Å². The Balaban J connectivity index is 2.74. The average Bonchev–Trinajstić information content (AvgIpc) is 2.42. The van der Waals surface area contributed by atoms with Gasteiger partial charge in [0.05, 0.1) is 12.1 Å². The zero-order valence-corrected chi connectivity index (χ0v) is 12.4. The highest BCUT2D eigenvalue weighted by Gasteiger charge is 2.24. The van der Waals surface area contributed by atoms with Crippen LogP contribution in [0.3, 0.4) is 0 Å². The number of nitrogens with two attached hydrogens (primary N) is 1. The molecule has 0 aliphatic heterocycles. The molecule has 0 aliphatic rings. The Morgan fingerprint density at radius 2 is 2.11 bits per heavy atom. The molecule has 1 aromatic rings. The second-order valence-electron chi connectivity index (χ2n) is 4.53. The number of thioether (sulfide) groups is 1. The van der Waals surface area contributed by atoms with E-state index in [1.54, 1.807) is 43.9 Å². The largest absolute Gasteiger partial charge is 0.338 e. The Morgan fingerprint density at radius 1 is 1.47 bits per heavy atom. The molecule has 0 fully saturated rings. The zero-order chi connectivity index (χ0) is 14.4. The van der Waals surface area contributed by atoms with Crippen molar-refractivity contribution < 1.29 is 9.18 Å². The van der Waals surface area contributed by atoms with Gasteiger partial charge in [0.2, 0.25) is 5.91 Å². The van der Waals surface area contributed by atoms with Crippen molar-refractivity contribution in [2.45, 2.75) is 25.4 Å². The molecule has 0 saturated heterocycles. The van der Waals surface area contributed by atoms with Crippen LogP contribution in [0, 0.1) is 5.82 Å². The van der Waals surface area contributed by atoms with Crippen LogP contribution in [0.2, 0.25) is 0 Å². The topological polar surface area (TPSA) is 46.3 Å². The Hall–Kier alpha value is -1.07. The Labute approximate surface area is 118 Å². The van der Waals surface area contributed by atoms with Gasteiger partial charge in [0.15, 0.2) is 0 Å². The monoisotopic (exact) mass is 284 g/mol. The molecule has 1 rings (SSSR count).